The van der Waals surface area contributed by atoms with Crippen LogP contribution in [0, 0.1) is 0 Å². The van der Waals surface area contributed by atoms with E-state index in [0.29, 0.717) is 31.2 Å². The van der Waals surface area contributed by atoms with Crippen LogP contribution in [0.1, 0.15) is 31.6 Å². The molecule has 3 rings (SSSR count). The second-order valence-corrected chi connectivity index (χ2v) is 6.49. The van der Waals surface area contributed by atoms with Gasteiger partial charge < -0.3 is 14.1 Å². The fraction of sp³-hybridized carbons (Fsp3) is 0.562. The zero-order valence-corrected chi connectivity index (χ0v) is 14.1. The topological polar surface area (TPSA) is 68.5 Å². The maximum atomic E-state index is 12.5. The van der Waals surface area contributed by atoms with E-state index in [2.05, 4.69) is 10.2 Å². The largest absolute Gasteiger partial charge is 0.421 e. The smallest absolute Gasteiger partial charge is 0.248 e. The minimum absolute atomic E-state index is 0.141. The fourth-order valence-electron chi connectivity index (χ4n) is 2.91. The van der Waals surface area contributed by atoms with E-state index in [1.165, 1.54) is 0 Å². The average Bonchev–Trinajstić information content (AvgIpc) is 3.24. The molecule has 0 radical (unpaired) electrons. The Kier molecular flexibility index (Phi) is 5.40. The highest BCUT2D eigenvalue weighted by Gasteiger charge is 2.26. The zero-order valence-electron chi connectivity index (χ0n) is 13.2. The van der Waals surface area contributed by atoms with Crippen LogP contribution < -0.4 is 0 Å². The Morgan fingerprint density at radius 2 is 2.39 bits per heavy atom. The third-order valence-electron chi connectivity index (χ3n) is 4.09. The Morgan fingerprint density at radius 1 is 1.48 bits per heavy atom. The van der Waals surface area contributed by atoms with Crippen molar-refractivity contribution >= 4 is 17.2 Å². The van der Waals surface area contributed by atoms with E-state index in [0.717, 1.165) is 31.4 Å². The number of thiophene rings is 1. The van der Waals surface area contributed by atoms with Crippen molar-refractivity contribution in [3.8, 4) is 11.5 Å². The predicted molar refractivity (Wildman–Crippen MR) is 87.2 cm³/mol. The van der Waals surface area contributed by atoms with Crippen molar-refractivity contribution in [3.63, 3.8) is 0 Å². The molecule has 124 valence electrons. The van der Waals surface area contributed by atoms with Crippen LogP contribution in [0.2, 0.25) is 0 Å². The van der Waals surface area contributed by atoms with E-state index in [4.69, 9.17) is 9.15 Å². The number of aryl methyl sites for hydroxylation is 1. The number of amides is 1. The van der Waals surface area contributed by atoms with Gasteiger partial charge in [0.2, 0.25) is 17.7 Å². The minimum Gasteiger partial charge on any atom is -0.421 e. The monoisotopic (exact) mass is 335 g/mol. The molecule has 6 nitrogen and oxygen atoms in total. The molecule has 2 aromatic rings. The molecule has 0 spiro atoms. The second kappa shape index (κ2) is 7.70. The molecule has 3 heterocycles. The zero-order chi connectivity index (χ0) is 16.1. The lowest BCUT2D eigenvalue weighted by Gasteiger charge is -2.35. The van der Waals surface area contributed by atoms with Crippen LogP contribution in [0.25, 0.3) is 11.5 Å². The summed E-state index contributed by atoms with van der Waals surface area (Å²) < 4.78 is 10.9. The van der Waals surface area contributed by atoms with E-state index >= 15 is 0 Å². The maximum Gasteiger partial charge on any atom is 0.248 e. The molecular weight excluding hydrogens is 314 g/mol. The van der Waals surface area contributed by atoms with Crippen LogP contribution in [0.15, 0.2) is 21.2 Å². The van der Waals surface area contributed by atoms with Gasteiger partial charge in [-0.2, -0.15) is 11.3 Å². The van der Waals surface area contributed by atoms with Gasteiger partial charge in [0, 0.05) is 37.4 Å². The van der Waals surface area contributed by atoms with Crippen LogP contribution in [-0.4, -0.2) is 47.3 Å². The molecule has 1 amide bonds. The van der Waals surface area contributed by atoms with Crippen LogP contribution in [0.5, 0.6) is 0 Å². The molecule has 0 N–H and O–H groups in total. The van der Waals surface area contributed by atoms with Gasteiger partial charge in [-0.25, -0.2) is 0 Å². The first kappa shape index (κ1) is 16.1. The van der Waals surface area contributed by atoms with Crippen molar-refractivity contribution in [3.05, 3.63) is 22.7 Å². The number of carbonyl (C=O) groups excluding carboxylic acids is 1. The van der Waals surface area contributed by atoms with Crippen LogP contribution in [0.3, 0.4) is 0 Å². The number of hydrogen-bond acceptors (Lipinski definition) is 6. The molecular formula is C16H21N3O3S. The molecule has 1 aliphatic heterocycles. The van der Waals surface area contributed by atoms with Crippen molar-refractivity contribution < 1.29 is 13.9 Å². The van der Waals surface area contributed by atoms with Crippen molar-refractivity contribution in [1.82, 2.24) is 15.1 Å². The summed E-state index contributed by atoms with van der Waals surface area (Å²) in [5.74, 6) is 1.17. The number of likely N-dealkylation sites (tertiary alicyclic amines) is 1. The summed E-state index contributed by atoms with van der Waals surface area (Å²) in [7, 11) is 1.68. The average molecular weight is 335 g/mol. The number of methoxy groups -OCH3 is 1. The van der Waals surface area contributed by atoms with E-state index in [-0.39, 0.29) is 11.9 Å². The molecule has 0 aromatic carbocycles. The molecule has 1 aliphatic rings. The molecule has 2 aromatic heterocycles. The van der Waals surface area contributed by atoms with Gasteiger partial charge in [0.25, 0.3) is 0 Å². The second-order valence-electron chi connectivity index (χ2n) is 5.71. The number of carbonyl (C=O) groups is 1. The molecule has 0 saturated carbocycles. The van der Waals surface area contributed by atoms with Gasteiger partial charge >= 0.3 is 0 Å². The van der Waals surface area contributed by atoms with Crippen molar-refractivity contribution in [2.24, 2.45) is 0 Å². The molecule has 23 heavy (non-hydrogen) atoms. The number of piperidine rings is 1. The highest BCUT2D eigenvalue weighted by atomic mass is 32.1. The van der Waals surface area contributed by atoms with Gasteiger partial charge in [-0.15, -0.1) is 10.2 Å². The van der Waals surface area contributed by atoms with Crippen LogP contribution >= 0.6 is 11.3 Å². The lowest BCUT2D eigenvalue weighted by atomic mass is 10.0. The highest BCUT2D eigenvalue weighted by molar-refractivity contribution is 7.08. The Hall–Kier alpha value is -1.73. The third kappa shape index (κ3) is 3.97. The Bertz CT molecular complexity index is 624. The van der Waals surface area contributed by atoms with Crippen LogP contribution in [-0.2, 0) is 16.0 Å². The van der Waals surface area contributed by atoms with Gasteiger partial charge in [0.05, 0.1) is 12.6 Å². The van der Waals surface area contributed by atoms with Gasteiger partial charge in [-0.1, -0.05) is 0 Å². The van der Waals surface area contributed by atoms with Crippen molar-refractivity contribution in [2.75, 3.05) is 20.3 Å². The summed E-state index contributed by atoms with van der Waals surface area (Å²) in [4.78, 5) is 14.4. The Morgan fingerprint density at radius 3 is 3.17 bits per heavy atom. The summed E-state index contributed by atoms with van der Waals surface area (Å²) in [6.45, 7) is 1.42. The van der Waals surface area contributed by atoms with Crippen molar-refractivity contribution in [2.45, 2.75) is 38.1 Å². The predicted octanol–water partition coefficient (Wildman–Crippen LogP) is 2.76. The number of ether oxygens (including phenoxy) is 1. The first-order valence-corrected chi connectivity index (χ1v) is 8.85. The molecule has 1 saturated heterocycles. The van der Waals surface area contributed by atoms with E-state index in [9.17, 15) is 4.79 Å². The van der Waals surface area contributed by atoms with Gasteiger partial charge in [-0.3, -0.25) is 4.79 Å². The van der Waals surface area contributed by atoms with Gasteiger partial charge in [0.1, 0.15) is 0 Å². The molecule has 7 heteroatoms. The molecule has 0 bridgehead atoms. The summed E-state index contributed by atoms with van der Waals surface area (Å²) in [5.41, 5.74) is 0.927. The lowest BCUT2D eigenvalue weighted by molar-refractivity contribution is -0.136. The molecule has 0 unspecified atom stereocenters. The quantitative estimate of drug-likeness (QED) is 0.812. The first-order valence-electron chi connectivity index (χ1n) is 7.91. The van der Waals surface area contributed by atoms with Gasteiger partial charge in [0.15, 0.2) is 0 Å². The highest BCUT2D eigenvalue weighted by Crippen LogP contribution is 2.22. The normalized spacial score (nSPS) is 18.3. The summed E-state index contributed by atoms with van der Waals surface area (Å²) in [6.07, 6.45) is 4.11. The summed E-state index contributed by atoms with van der Waals surface area (Å²) >= 11 is 1.59. The first-order chi connectivity index (χ1) is 11.3. The lowest BCUT2D eigenvalue weighted by Crippen LogP contribution is -2.46. The van der Waals surface area contributed by atoms with E-state index < -0.39 is 0 Å². The van der Waals surface area contributed by atoms with E-state index in [1.54, 1.807) is 18.4 Å². The number of hydrogen-bond donors (Lipinski definition) is 0. The Labute approximate surface area is 139 Å². The Balaban J connectivity index is 1.56. The molecule has 0 aliphatic carbocycles. The summed E-state index contributed by atoms with van der Waals surface area (Å²) in [6, 6.07) is 2.14. The van der Waals surface area contributed by atoms with Crippen molar-refractivity contribution in [1.29, 1.82) is 0 Å². The van der Waals surface area contributed by atoms with E-state index in [1.807, 2.05) is 21.7 Å². The standard InChI is InChI=1S/C16H21N3O3S/c1-21-10-13-4-2-3-8-19(13)15(20)6-5-14-17-18-16(22-14)12-7-9-23-11-12/h7,9,11,13H,2-6,8,10H2,1H3/t13-/m1/s1. The fourth-order valence-corrected chi connectivity index (χ4v) is 3.54. The maximum absolute atomic E-state index is 12.5. The number of nitrogens with zero attached hydrogens (tertiary/aromatic N) is 3. The third-order valence-corrected chi connectivity index (χ3v) is 4.78. The number of aromatic nitrogens is 2. The minimum atomic E-state index is 0.141. The SMILES string of the molecule is COC[C@H]1CCCCN1C(=O)CCc1nnc(-c2ccsc2)o1. The molecule has 1 atom stereocenters. The number of rotatable bonds is 6. The summed E-state index contributed by atoms with van der Waals surface area (Å²) in [5, 5.41) is 12.0. The van der Waals surface area contributed by atoms with Crippen LogP contribution in [0.4, 0.5) is 0 Å². The van der Waals surface area contributed by atoms with Gasteiger partial charge in [-0.05, 0) is 30.7 Å². The molecule has 1 fully saturated rings.